The fraction of sp³-hybridized carbons (Fsp3) is 0.571. The van der Waals surface area contributed by atoms with Crippen LogP contribution in [0.3, 0.4) is 0 Å². The molecule has 0 aliphatic rings. The van der Waals surface area contributed by atoms with Crippen molar-refractivity contribution in [2.75, 3.05) is 26.0 Å². The summed E-state index contributed by atoms with van der Waals surface area (Å²) in [5, 5.41) is 12.8. The molecule has 0 amide bonds. The molecule has 0 fully saturated rings. The maximum absolute atomic E-state index is 11.2. The quantitative estimate of drug-likeness (QED) is 0.612. The highest BCUT2D eigenvalue weighted by Crippen LogP contribution is 2.08. The Bertz CT molecular complexity index is 517. The van der Waals surface area contributed by atoms with Crippen molar-refractivity contribution in [3.63, 3.8) is 0 Å². The first-order chi connectivity index (χ1) is 9.68. The molecule has 1 aromatic rings. The Labute approximate surface area is 126 Å². The van der Waals surface area contributed by atoms with E-state index in [-0.39, 0.29) is 6.61 Å². The number of hydrogen-bond acceptors (Lipinski definition) is 5. The monoisotopic (exact) mass is 316 g/mol. The van der Waals surface area contributed by atoms with Gasteiger partial charge >= 0.3 is 0 Å². The van der Waals surface area contributed by atoms with Crippen LogP contribution in [-0.2, 0) is 10.0 Å². The highest BCUT2D eigenvalue weighted by molar-refractivity contribution is 7.88. The minimum absolute atomic E-state index is 0.178. The summed E-state index contributed by atoms with van der Waals surface area (Å²) in [5.74, 6) is 0.704. The van der Waals surface area contributed by atoms with Gasteiger partial charge in [-0.05, 0) is 26.0 Å². The number of hydrogen-bond donors (Lipinski definition) is 3. The van der Waals surface area contributed by atoms with E-state index < -0.39 is 21.7 Å². The predicted molar refractivity (Wildman–Crippen MR) is 82.9 cm³/mol. The lowest BCUT2D eigenvalue weighted by Gasteiger charge is -2.26. The van der Waals surface area contributed by atoms with Crippen molar-refractivity contribution < 1.29 is 18.3 Å². The van der Waals surface area contributed by atoms with E-state index in [2.05, 4.69) is 10.0 Å². The molecular weight excluding hydrogens is 292 g/mol. The number of sulfonamides is 1. The lowest BCUT2D eigenvalue weighted by molar-refractivity contribution is 0.105. The summed E-state index contributed by atoms with van der Waals surface area (Å²) in [6.45, 7) is 4.45. The van der Waals surface area contributed by atoms with E-state index in [4.69, 9.17) is 4.74 Å². The Morgan fingerprint density at radius 2 is 1.90 bits per heavy atom. The van der Waals surface area contributed by atoms with Gasteiger partial charge < -0.3 is 15.2 Å². The summed E-state index contributed by atoms with van der Waals surface area (Å²) < 4.78 is 30.3. The van der Waals surface area contributed by atoms with Gasteiger partial charge in [-0.15, -0.1) is 0 Å². The molecule has 0 aliphatic heterocycles. The van der Waals surface area contributed by atoms with Crippen LogP contribution in [0.25, 0.3) is 0 Å². The second-order valence-electron chi connectivity index (χ2n) is 5.67. The minimum atomic E-state index is -3.26. The van der Waals surface area contributed by atoms with Crippen molar-refractivity contribution in [2.45, 2.75) is 25.5 Å². The SMILES string of the molecule is CC(C)(CNCC(O)COc1ccccc1)NS(C)(=O)=O. The lowest BCUT2D eigenvalue weighted by Crippen LogP contribution is -2.51. The van der Waals surface area contributed by atoms with Crippen molar-refractivity contribution in [1.29, 1.82) is 0 Å². The molecule has 0 saturated carbocycles. The smallest absolute Gasteiger partial charge is 0.209 e. The van der Waals surface area contributed by atoms with Crippen LogP contribution in [0.1, 0.15) is 13.8 Å². The van der Waals surface area contributed by atoms with Gasteiger partial charge in [0.15, 0.2) is 0 Å². The Morgan fingerprint density at radius 1 is 1.29 bits per heavy atom. The average molecular weight is 316 g/mol. The van der Waals surface area contributed by atoms with Gasteiger partial charge in [0.1, 0.15) is 18.5 Å². The third kappa shape index (κ3) is 8.67. The van der Waals surface area contributed by atoms with Crippen LogP contribution in [0, 0.1) is 0 Å². The molecule has 1 rings (SSSR count). The minimum Gasteiger partial charge on any atom is -0.491 e. The molecule has 0 heterocycles. The predicted octanol–water partition coefficient (Wildman–Crippen LogP) is 0.344. The van der Waals surface area contributed by atoms with Crippen LogP contribution in [0.4, 0.5) is 0 Å². The summed E-state index contributed by atoms with van der Waals surface area (Å²) in [4.78, 5) is 0. The van der Waals surface area contributed by atoms with Crippen molar-refractivity contribution in [2.24, 2.45) is 0 Å². The van der Waals surface area contributed by atoms with Crippen LogP contribution in [0.2, 0.25) is 0 Å². The van der Waals surface area contributed by atoms with Crippen molar-refractivity contribution in [3.05, 3.63) is 30.3 Å². The molecule has 6 nitrogen and oxygen atoms in total. The molecule has 1 aromatic carbocycles. The van der Waals surface area contributed by atoms with Gasteiger partial charge in [0, 0.05) is 18.6 Å². The molecule has 1 unspecified atom stereocenters. The number of ether oxygens (including phenoxy) is 1. The Morgan fingerprint density at radius 3 is 2.48 bits per heavy atom. The second-order valence-corrected chi connectivity index (χ2v) is 7.42. The number of aliphatic hydroxyl groups is 1. The number of aliphatic hydroxyl groups excluding tert-OH is 1. The fourth-order valence-electron chi connectivity index (χ4n) is 1.86. The Kier molecular flexibility index (Phi) is 6.60. The molecule has 0 aromatic heterocycles. The van der Waals surface area contributed by atoms with E-state index in [1.54, 1.807) is 13.8 Å². The molecule has 1 atom stereocenters. The average Bonchev–Trinajstić information content (AvgIpc) is 2.34. The van der Waals surface area contributed by atoms with Crippen LogP contribution in [0.5, 0.6) is 5.75 Å². The highest BCUT2D eigenvalue weighted by Gasteiger charge is 2.21. The largest absolute Gasteiger partial charge is 0.491 e. The molecule has 0 spiro atoms. The summed E-state index contributed by atoms with van der Waals surface area (Å²) in [6, 6.07) is 9.25. The van der Waals surface area contributed by atoms with Crippen LogP contribution in [-0.4, -0.2) is 51.1 Å². The standard InChI is InChI=1S/C14H24N2O4S/c1-14(2,16-21(3,18)19)11-15-9-12(17)10-20-13-7-5-4-6-8-13/h4-8,12,15-17H,9-11H2,1-3H3. The first-order valence-corrected chi connectivity index (χ1v) is 8.63. The van der Waals surface area contributed by atoms with E-state index in [0.717, 1.165) is 6.26 Å². The van der Waals surface area contributed by atoms with Crippen molar-refractivity contribution in [1.82, 2.24) is 10.0 Å². The maximum Gasteiger partial charge on any atom is 0.209 e. The van der Waals surface area contributed by atoms with E-state index >= 15 is 0 Å². The lowest BCUT2D eigenvalue weighted by atomic mass is 10.1. The molecular formula is C14H24N2O4S. The van der Waals surface area contributed by atoms with Gasteiger partial charge in [-0.3, -0.25) is 0 Å². The molecule has 0 saturated heterocycles. The zero-order valence-electron chi connectivity index (χ0n) is 12.7. The molecule has 120 valence electrons. The Hall–Kier alpha value is -1.15. The zero-order valence-corrected chi connectivity index (χ0v) is 13.5. The topological polar surface area (TPSA) is 87.7 Å². The number of nitrogens with one attached hydrogen (secondary N) is 2. The molecule has 0 aliphatic carbocycles. The van der Waals surface area contributed by atoms with Gasteiger partial charge in [-0.25, -0.2) is 13.1 Å². The number of para-hydroxylation sites is 1. The summed E-state index contributed by atoms with van der Waals surface area (Å²) in [7, 11) is -3.26. The number of benzene rings is 1. The fourth-order valence-corrected chi connectivity index (χ4v) is 2.93. The third-order valence-corrected chi connectivity index (χ3v) is 3.52. The van der Waals surface area contributed by atoms with Crippen LogP contribution >= 0.6 is 0 Å². The first kappa shape index (κ1) is 17.9. The van der Waals surface area contributed by atoms with Crippen molar-refractivity contribution in [3.8, 4) is 5.75 Å². The molecule has 7 heteroatoms. The van der Waals surface area contributed by atoms with Gasteiger partial charge in [-0.2, -0.15) is 0 Å². The van der Waals surface area contributed by atoms with Crippen LogP contribution < -0.4 is 14.8 Å². The van der Waals surface area contributed by atoms with E-state index in [1.807, 2.05) is 30.3 Å². The molecule has 0 radical (unpaired) electrons. The van der Waals surface area contributed by atoms with E-state index in [0.29, 0.717) is 18.8 Å². The number of rotatable bonds is 9. The normalized spacial score (nSPS) is 13.9. The molecule has 21 heavy (non-hydrogen) atoms. The molecule has 0 bridgehead atoms. The summed E-state index contributed by atoms with van der Waals surface area (Å²) in [6.07, 6.45) is 0.455. The maximum atomic E-state index is 11.2. The van der Waals surface area contributed by atoms with Gasteiger partial charge in [0.05, 0.1) is 6.26 Å². The van der Waals surface area contributed by atoms with Gasteiger partial charge in [-0.1, -0.05) is 18.2 Å². The van der Waals surface area contributed by atoms with Crippen molar-refractivity contribution >= 4 is 10.0 Å². The summed E-state index contributed by atoms with van der Waals surface area (Å²) >= 11 is 0. The first-order valence-electron chi connectivity index (χ1n) is 6.73. The highest BCUT2D eigenvalue weighted by atomic mass is 32.2. The Balaban J connectivity index is 2.25. The third-order valence-electron chi connectivity index (χ3n) is 2.59. The van der Waals surface area contributed by atoms with Gasteiger partial charge in [0.2, 0.25) is 10.0 Å². The van der Waals surface area contributed by atoms with Gasteiger partial charge in [0.25, 0.3) is 0 Å². The second kappa shape index (κ2) is 7.74. The molecule has 3 N–H and O–H groups in total. The van der Waals surface area contributed by atoms with E-state index in [1.165, 1.54) is 0 Å². The zero-order chi connectivity index (χ0) is 15.9. The van der Waals surface area contributed by atoms with Crippen LogP contribution in [0.15, 0.2) is 30.3 Å². The van der Waals surface area contributed by atoms with E-state index in [9.17, 15) is 13.5 Å². The summed E-state index contributed by atoms with van der Waals surface area (Å²) in [5.41, 5.74) is -0.617.